The number of thiazole rings is 1. The first-order valence-corrected chi connectivity index (χ1v) is 8.94. The molecule has 2 N–H and O–H groups in total. The number of nitrogens with zero attached hydrogens (tertiary/aromatic N) is 2. The number of fused-ring (bicyclic) bond motifs is 1. The minimum Gasteiger partial charge on any atom is -0.350 e. The predicted molar refractivity (Wildman–Crippen MR) is 95.0 cm³/mol. The van der Waals surface area contributed by atoms with Crippen LogP contribution in [0.25, 0.3) is 10.2 Å². The minimum atomic E-state index is -0.869. The highest BCUT2D eigenvalue weighted by atomic mass is 32.1. The molecule has 0 unspecified atom stereocenters. The van der Waals surface area contributed by atoms with Crippen LogP contribution in [0.4, 0.5) is 4.79 Å². The summed E-state index contributed by atoms with van der Waals surface area (Å²) in [6.07, 6.45) is 0.684. The third kappa shape index (κ3) is 3.79. The number of hydrogen-bond acceptors (Lipinski definition) is 5. The van der Waals surface area contributed by atoms with E-state index in [4.69, 9.17) is 0 Å². The Morgan fingerprint density at radius 2 is 2.08 bits per heavy atom. The minimum absolute atomic E-state index is 0.120. The summed E-state index contributed by atoms with van der Waals surface area (Å²) < 4.78 is 1.09. The third-order valence-electron chi connectivity index (χ3n) is 4.00. The maximum Gasteiger partial charge on any atom is 0.325 e. The normalized spacial score (nSPS) is 16.3. The van der Waals surface area contributed by atoms with E-state index in [0.717, 1.165) is 15.2 Å². The fraction of sp³-hybridized carbons (Fsp3) is 0.412. The fourth-order valence-electron chi connectivity index (χ4n) is 2.68. The second kappa shape index (κ2) is 6.79. The molecule has 4 amide bonds. The van der Waals surface area contributed by atoms with Crippen molar-refractivity contribution in [2.24, 2.45) is 0 Å². The molecule has 2 aromatic rings. The number of carbonyl (C=O) groups is 3. The maximum atomic E-state index is 12.0. The van der Waals surface area contributed by atoms with Gasteiger partial charge < -0.3 is 10.6 Å². The Balaban J connectivity index is 1.44. The molecule has 0 aliphatic carbocycles. The molecule has 132 valence electrons. The van der Waals surface area contributed by atoms with Gasteiger partial charge in [-0.25, -0.2) is 9.78 Å². The van der Waals surface area contributed by atoms with Crippen LogP contribution in [0.15, 0.2) is 24.3 Å². The molecule has 1 aromatic heterocycles. The number of hydrogen-bond donors (Lipinski definition) is 2. The number of rotatable bonds is 6. The van der Waals surface area contributed by atoms with E-state index in [1.165, 1.54) is 4.90 Å². The predicted octanol–water partition coefficient (Wildman–Crippen LogP) is 2.02. The molecule has 0 bridgehead atoms. The monoisotopic (exact) mass is 360 g/mol. The number of carbonyl (C=O) groups excluding carboxylic acids is 3. The van der Waals surface area contributed by atoms with Crippen LogP contribution in [0.2, 0.25) is 0 Å². The zero-order chi connectivity index (χ0) is 18.0. The third-order valence-corrected chi connectivity index (χ3v) is 5.04. The molecule has 2 heterocycles. The zero-order valence-electron chi connectivity index (χ0n) is 14.2. The SMILES string of the molecule is CC1(C)NC(=O)N(CCCC(=O)NCc2nc3ccccc3s2)C1=O. The van der Waals surface area contributed by atoms with Crippen LogP contribution in [0.1, 0.15) is 31.7 Å². The Morgan fingerprint density at radius 1 is 1.32 bits per heavy atom. The van der Waals surface area contributed by atoms with Crippen molar-refractivity contribution in [1.29, 1.82) is 0 Å². The van der Waals surface area contributed by atoms with Crippen LogP contribution in [0.3, 0.4) is 0 Å². The highest BCUT2D eigenvalue weighted by molar-refractivity contribution is 7.18. The van der Waals surface area contributed by atoms with Crippen molar-refractivity contribution >= 4 is 39.4 Å². The van der Waals surface area contributed by atoms with Gasteiger partial charge in [-0.1, -0.05) is 12.1 Å². The van der Waals surface area contributed by atoms with Gasteiger partial charge in [-0.05, 0) is 32.4 Å². The molecule has 0 radical (unpaired) electrons. The first kappa shape index (κ1) is 17.3. The summed E-state index contributed by atoms with van der Waals surface area (Å²) in [5, 5.41) is 6.30. The second-order valence-electron chi connectivity index (χ2n) is 6.47. The van der Waals surface area contributed by atoms with Gasteiger partial charge in [0, 0.05) is 13.0 Å². The molecule has 1 saturated heterocycles. The lowest BCUT2D eigenvalue weighted by molar-refractivity contribution is -0.130. The van der Waals surface area contributed by atoms with Crippen molar-refractivity contribution in [2.75, 3.05) is 6.54 Å². The second-order valence-corrected chi connectivity index (χ2v) is 7.58. The molecule has 1 aromatic carbocycles. The van der Waals surface area contributed by atoms with Crippen LogP contribution < -0.4 is 10.6 Å². The molecule has 0 atom stereocenters. The first-order valence-electron chi connectivity index (χ1n) is 8.12. The molecule has 0 saturated carbocycles. The molecular weight excluding hydrogens is 340 g/mol. The number of urea groups is 1. The summed E-state index contributed by atoms with van der Waals surface area (Å²) in [4.78, 5) is 41.4. The van der Waals surface area contributed by atoms with E-state index >= 15 is 0 Å². The lowest BCUT2D eigenvalue weighted by atomic mass is 10.1. The smallest absolute Gasteiger partial charge is 0.325 e. The molecule has 0 spiro atoms. The molecule has 3 rings (SSSR count). The number of benzene rings is 1. The van der Waals surface area contributed by atoms with Gasteiger partial charge in [0.2, 0.25) is 5.91 Å². The highest BCUT2D eigenvalue weighted by Crippen LogP contribution is 2.21. The van der Waals surface area contributed by atoms with E-state index in [1.807, 2.05) is 24.3 Å². The van der Waals surface area contributed by atoms with Gasteiger partial charge >= 0.3 is 6.03 Å². The number of nitrogens with one attached hydrogen (secondary N) is 2. The van der Waals surface area contributed by atoms with Gasteiger partial charge in [0.05, 0.1) is 16.8 Å². The number of imide groups is 1. The van der Waals surface area contributed by atoms with Crippen molar-refractivity contribution < 1.29 is 14.4 Å². The summed E-state index contributed by atoms with van der Waals surface area (Å²) in [6.45, 7) is 3.95. The Kier molecular flexibility index (Phi) is 4.71. The molecular formula is C17H20N4O3S. The summed E-state index contributed by atoms with van der Waals surface area (Å²) in [7, 11) is 0. The van der Waals surface area contributed by atoms with Crippen molar-refractivity contribution in [3.63, 3.8) is 0 Å². The van der Waals surface area contributed by atoms with E-state index in [9.17, 15) is 14.4 Å². The average molecular weight is 360 g/mol. The lowest BCUT2D eigenvalue weighted by Crippen LogP contribution is -2.40. The summed E-state index contributed by atoms with van der Waals surface area (Å²) >= 11 is 1.55. The van der Waals surface area contributed by atoms with E-state index in [-0.39, 0.29) is 24.8 Å². The maximum absolute atomic E-state index is 12.0. The molecule has 25 heavy (non-hydrogen) atoms. The summed E-state index contributed by atoms with van der Waals surface area (Å²) in [5.41, 5.74) is 0.0598. The molecule has 7 nitrogen and oxygen atoms in total. The lowest BCUT2D eigenvalue weighted by Gasteiger charge is -2.15. The molecule has 1 aliphatic heterocycles. The van der Waals surface area contributed by atoms with Crippen LogP contribution in [0, 0.1) is 0 Å². The first-order chi connectivity index (χ1) is 11.9. The van der Waals surface area contributed by atoms with Gasteiger partial charge in [-0.15, -0.1) is 11.3 Å². The Morgan fingerprint density at radius 3 is 2.76 bits per heavy atom. The summed E-state index contributed by atoms with van der Waals surface area (Å²) in [5.74, 6) is -0.377. The van der Waals surface area contributed by atoms with E-state index in [2.05, 4.69) is 15.6 Å². The highest BCUT2D eigenvalue weighted by Gasteiger charge is 2.43. The number of amides is 4. The number of para-hydroxylation sites is 1. The van der Waals surface area contributed by atoms with Crippen LogP contribution in [0.5, 0.6) is 0 Å². The quantitative estimate of drug-likeness (QED) is 0.771. The van der Waals surface area contributed by atoms with Gasteiger partial charge in [0.15, 0.2) is 0 Å². The topological polar surface area (TPSA) is 91.4 Å². The van der Waals surface area contributed by atoms with Crippen molar-refractivity contribution in [3.05, 3.63) is 29.3 Å². The van der Waals surface area contributed by atoms with Gasteiger partial charge in [0.25, 0.3) is 5.91 Å². The van der Waals surface area contributed by atoms with Crippen LogP contribution in [-0.4, -0.2) is 39.8 Å². The Hall–Kier alpha value is -2.48. The van der Waals surface area contributed by atoms with Crippen LogP contribution >= 0.6 is 11.3 Å². The van der Waals surface area contributed by atoms with E-state index < -0.39 is 11.6 Å². The van der Waals surface area contributed by atoms with Crippen LogP contribution in [-0.2, 0) is 16.1 Å². The van der Waals surface area contributed by atoms with Gasteiger partial charge in [0.1, 0.15) is 10.5 Å². The zero-order valence-corrected chi connectivity index (χ0v) is 15.0. The standard InChI is InChI=1S/C17H20N4O3S/c1-17(2)15(23)21(16(24)20-17)9-5-8-13(22)18-10-14-19-11-6-3-4-7-12(11)25-14/h3-4,6-7H,5,8-10H2,1-2H3,(H,18,22)(H,20,24). The number of aromatic nitrogens is 1. The Bertz CT molecular complexity index is 797. The van der Waals surface area contributed by atoms with Crippen molar-refractivity contribution in [1.82, 2.24) is 20.5 Å². The summed E-state index contributed by atoms with van der Waals surface area (Å²) in [6, 6.07) is 7.43. The molecule has 1 fully saturated rings. The Labute approximate surface area is 149 Å². The molecule has 1 aliphatic rings. The largest absolute Gasteiger partial charge is 0.350 e. The average Bonchev–Trinajstić information content (AvgIpc) is 3.06. The van der Waals surface area contributed by atoms with E-state index in [0.29, 0.717) is 13.0 Å². The van der Waals surface area contributed by atoms with Gasteiger partial charge in [-0.3, -0.25) is 14.5 Å². The van der Waals surface area contributed by atoms with Crippen molar-refractivity contribution in [3.8, 4) is 0 Å². The fourth-order valence-corrected chi connectivity index (χ4v) is 3.58. The van der Waals surface area contributed by atoms with E-state index in [1.54, 1.807) is 25.2 Å². The van der Waals surface area contributed by atoms with Crippen molar-refractivity contribution in [2.45, 2.75) is 38.8 Å². The van der Waals surface area contributed by atoms with Gasteiger partial charge in [-0.2, -0.15) is 0 Å². The molecule has 8 heteroatoms.